The molecule has 0 aromatic heterocycles. The van der Waals surface area contributed by atoms with Crippen LogP contribution in [-0.4, -0.2) is 50.4 Å². The molecule has 232 valence electrons. The Morgan fingerprint density at radius 3 is 1.91 bits per heavy atom. The lowest BCUT2D eigenvalue weighted by Gasteiger charge is -2.39. The third kappa shape index (κ3) is 5.73. The van der Waals surface area contributed by atoms with E-state index in [0.29, 0.717) is 0 Å². The lowest BCUT2D eigenvalue weighted by Crippen LogP contribution is -2.45. The zero-order chi connectivity index (χ0) is 33.6. The van der Waals surface area contributed by atoms with Crippen molar-refractivity contribution in [1.82, 2.24) is 0 Å². The summed E-state index contributed by atoms with van der Waals surface area (Å²) < 4.78 is 6.30. The summed E-state index contributed by atoms with van der Waals surface area (Å²) in [6.45, 7) is 2.43. The van der Waals surface area contributed by atoms with Crippen LogP contribution in [-0.2, 0) is 44.5 Å². The van der Waals surface area contributed by atoms with E-state index >= 15 is 0 Å². The van der Waals surface area contributed by atoms with Crippen LogP contribution >= 0.6 is 34.8 Å². The summed E-state index contributed by atoms with van der Waals surface area (Å²) in [4.78, 5) is 77.2. The molecule has 0 spiro atoms. The minimum absolute atomic E-state index is 0.0435. The number of hydrogen-bond donors (Lipinski definition) is 3. The van der Waals surface area contributed by atoms with Crippen LogP contribution in [0.1, 0.15) is 61.8 Å². The molecule has 0 heterocycles. The number of hydrogen-bond acceptors (Lipinski definition) is 9. The van der Waals surface area contributed by atoms with Crippen LogP contribution in [0.25, 0.3) is 11.5 Å². The Morgan fingerprint density at radius 2 is 1.36 bits per heavy atom. The third-order valence-electron chi connectivity index (χ3n) is 7.62. The molecule has 3 N–H and O–H groups in total. The van der Waals surface area contributed by atoms with Crippen molar-refractivity contribution < 1.29 is 48.8 Å². The number of rotatable bonds is 10. The molecule has 14 heteroatoms. The Balaban J connectivity index is 2.05. The molecular weight excluding hydrogens is 653 g/mol. The van der Waals surface area contributed by atoms with Crippen LogP contribution in [0.15, 0.2) is 41.5 Å². The highest BCUT2D eigenvalue weighted by atomic mass is 35.5. The molecule has 2 unspecified atom stereocenters. The van der Waals surface area contributed by atoms with E-state index in [1.165, 1.54) is 38.1 Å². The second kappa shape index (κ2) is 12.1. The quantitative estimate of drug-likeness (QED) is 0.274. The van der Waals surface area contributed by atoms with Crippen LogP contribution in [0.3, 0.4) is 0 Å². The van der Waals surface area contributed by atoms with Gasteiger partial charge in [-0.1, -0.05) is 40.9 Å². The maximum absolute atomic E-state index is 14.2. The minimum Gasteiger partial charge on any atom is -0.506 e. The number of nitriles is 1. The number of nitrogens with zero attached hydrogens (tertiary/aromatic N) is 1. The van der Waals surface area contributed by atoms with Gasteiger partial charge in [0.1, 0.15) is 28.1 Å². The van der Waals surface area contributed by atoms with Crippen LogP contribution < -0.4 is 0 Å². The number of aliphatic hydroxyl groups is 1. The fourth-order valence-electron chi connectivity index (χ4n) is 5.22. The predicted octanol–water partition coefficient (Wildman–Crippen LogP) is 5.37. The van der Waals surface area contributed by atoms with Gasteiger partial charge in [-0.25, -0.2) is 0 Å². The fourth-order valence-corrected chi connectivity index (χ4v) is 5.72. The number of fused-ring (bicyclic) bond motifs is 2. The lowest BCUT2D eigenvalue weighted by atomic mass is 9.69. The molecule has 4 rings (SSSR count). The number of aliphatic hydroxyl groups excluding tert-OH is 1. The largest absolute Gasteiger partial charge is 0.506 e. The van der Waals surface area contributed by atoms with Gasteiger partial charge < -0.3 is 20.1 Å². The highest BCUT2D eigenvalue weighted by molar-refractivity contribution is 6.42. The van der Waals surface area contributed by atoms with Gasteiger partial charge in [-0.15, -0.1) is 0 Å². The smallest absolute Gasteiger partial charge is 0.303 e. The molecule has 0 amide bonds. The first-order valence-electron chi connectivity index (χ1n) is 13.2. The van der Waals surface area contributed by atoms with Gasteiger partial charge in [0.15, 0.2) is 23.0 Å². The average Bonchev–Trinajstić information content (AvgIpc) is 2.97. The number of carbonyl (C=O) groups excluding carboxylic acids is 4. The highest BCUT2D eigenvalue weighted by Gasteiger charge is 2.53. The van der Waals surface area contributed by atoms with Crippen molar-refractivity contribution in [1.29, 1.82) is 5.26 Å². The molecule has 2 atom stereocenters. The van der Waals surface area contributed by atoms with E-state index in [4.69, 9.17) is 44.6 Å². The predicted molar refractivity (Wildman–Crippen MR) is 160 cm³/mol. The number of carboxylic acid groups (broad SMARTS) is 2. The summed E-state index contributed by atoms with van der Waals surface area (Å²) >= 11 is 18.7. The molecule has 2 aromatic rings. The monoisotopic (exact) mass is 673 g/mol. The van der Waals surface area contributed by atoms with Crippen molar-refractivity contribution in [2.24, 2.45) is 0 Å². The molecule has 2 aliphatic rings. The van der Waals surface area contributed by atoms with E-state index < -0.39 is 94.4 Å². The van der Waals surface area contributed by atoms with Gasteiger partial charge in [-0.3, -0.25) is 28.8 Å². The normalized spacial score (nSPS) is 20.7. The van der Waals surface area contributed by atoms with Crippen LogP contribution in [0, 0.1) is 11.3 Å². The van der Waals surface area contributed by atoms with Gasteiger partial charge in [0.05, 0.1) is 29.0 Å². The number of carbonyl (C=O) groups is 6. The molecule has 0 fully saturated rings. The minimum atomic E-state index is -2.34. The van der Waals surface area contributed by atoms with E-state index in [9.17, 15) is 44.2 Å². The zero-order valence-electron chi connectivity index (χ0n) is 23.5. The summed E-state index contributed by atoms with van der Waals surface area (Å²) in [5, 5.41) is 39.3. The summed E-state index contributed by atoms with van der Waals surface area (Å²) in [5.41, 5.74) is -6.13. The van der Waals surface area contributed by atoms with E-state index in [1.54, 1.807) is 0 Å². The number of ketones is 4. The van der Waals surface area contributed by atoms with Crippen LogP contribution in [0.5, 0.6) is 0 Å². The fraction of sp³-hybridized carbons (Fsp3) is 0.258. The summed E-state index contributed by atoms with van der Waals surface area (Å²) in [5.74, 6) is -8.31. The Bertz CT molecular complexity index is 1850. The van der Waals surface area contributed by atoms with Crippen molar-refractivity contribution >= 4 is 81.4 Å². The second-order valence-electron chi connectivity index (χ2n) is 10.6. The van der Waals surface area contributed by atoms with Gasteiger partial charge in [0.25, 0.3) is 0 Å². The van der Waals surface area contributed by atoms with Crippen molar-refractivity contribution in [3.05, 3.63) is 78.8 Å². The standard InChI is InChI=1S/C31H22Cl3NO10/c1-30(12-35)16-4-3-13(32)9-15(16)27(25(28(30)43)21(37)6-8-23(40)41)45-31(2)17-11-19(34)18(33)10-14(17)26(42)24(29(31)44)20(36)5-7-22(38)39/h3-4,9-11,42H,5-8H2,1-2H3,(H,38,39)(H,40,41). The van der Waals surface area contributed by atoms with Crippen molar-refractivity contribution in [3.8, 4) is 6.07 Å². The molecule has 2 aliphatic carbocycles. The third-order valence-corrected chi connectivity index (χ3v) is 8.58. The molecule has 0 bridgehead atoms. The Morgan fingerprint density at radius 1 is 0.800 bits per heavy atom. The van der Waals surface area contributed by atoms with Crippen LogP contribution in [0.2, 0.25) is 15.1 Å². The molecule has 45 heavy (non-hydrogen) atoms. The summed E-state index contributed by atoms with van der Waals surface area (Å²) in [7, 11) is 0. The number of benzene rings is 2. The number of aliphatic carboxylic acids is 2. The molecule has 0 saturated carbocycles. The van der Waals surface area contributed by atoms with E-state index in [-0.39, 0.29) is 37.3 Å². The van der Waals surface area contributed by atoms with Crippen LogP contribution in [0.4, 0.5) is 0 Å². The summed E-state index contributed by atoms with van der Waals surface area (Å²) in [6, 6.07) is 8.28. The number of halogens is 3. The molecule has 11 nitrogen and oxygen atoms in total. The summed E-state index contributed by atoms with van der Waals surface area (Å²) in [6.07, 6.45) is -2.70. The first-order chi connectivity index (χ1) is 21.0. The maximum atomic E-state index is 14.2. The van der Waals surface area contributed by atoms with Gasteiger partial charge in [0.2, 0.25) is 5.78 Å². The lowest BCUT2D eigenvalue weighted by molar-refractivity contribution is -0.139. The first kappa shape index (κ1) is 33.4. The molecule has 0 saturated heterocycles. The number of allylic oxidation sites excluding steroid dienone is 1. The van der Waals surface area contributed by atoms with Crippen molar-refractivity contribution in [3.63, 3.8) is 0 Å². The highest BCUT2D eigenvalue weighted by Crippen LogP contribution is 2.49. The van der Waals surface area contributed by atoms with Gasteiger partial charge >= 0.3 is 11.9 Å². The molecule has 2 aromatic carbocycles. The Labute approximate surface area is 270 Å². The van der Waals surface area contributed by atoms with E-state index in [1.807, 2.05) is 6.07 Å². The molecule has 0 aliphatic heterocycles. The second-order valence-corrected chi connectivity index (χ2v) is 11.8. The number of ether oxygens (including phenoxy) is 1. The number of carboxylic acids is 2. The molecular formula is C31H22Cl3NO10. The average molecular weight is 675 g/mol. The van der Waals surface area contributed by atoms with Crippen molar-refractivity contribution in [2.75, 3.05) is 0 Å². The number of Topliss-reactive ketones (excluding diaryl/α,β-unsaturated/α-hetero) is 4. The van der Waals surface area contributed by atoms with Gasteiger partial charge in [-0.05, 0) is 43.7 Å². The van der Waals surface area contributed by atoms with E-state index in [2.05, 4.69) is 0 Å². The topological polar surface area (TPSA) is 196 Å². The zero-order valence-corrected chi connectivity index (χ0v) is 25.8. The van der Waals surface area contributed by atoms with E-state index in [0.717, 1.165) is 6.07 Å². The SMILES string of the molecule is CC1(C#N)C(=O)C(C(=O)CCC(=O)O)=C(OC2(C)C(=O)C(C(=O)CCC(=O)O)=C(O)c3cc(Cl)c(Cl)cc32)c2cc(Cl)ccc21. The van der Waals surface area contributed by atoms with Crippen molar-refractivity contribution in [2.45, 2.75) is 50.5 Å². The van der Waals surface area contributed by atoms with Gasteiger partial charge in [-0.2, -0.15) is 5.26 Å². The maximum Gasteiger partial charge on any atom is 0.303 e. The van der Waals surface area contributed by atoms with Gasteiger partial charge in [0, 0.05) is 34.6 Å². The Hall–Kier alpha value is -4.50. The Kier molecular flexibility index (Phi) is 9.00. The molecule has 0 radical (unpaired) electrons. The first-order valence-corrected chi connectivity index (χ1v) is 14.3.